The highest BCUT2D eigenvalue weighted by atomic mass is 16.3. The molecular formula is C14H17N3O. The molecular weight excluding hydrogens is 226 g/mol. The van der Waals surface area contributed by atoms with Crippen molar-refractivity contribution in [1.29, 1.82) is 0 Å². The molecule has 18 heavy (non-hydrogen) atoms. The van der Waals surface area contributed by atoms with Crippen LogP contribution in [0, 0.1) is 0 Å². The molecule has 94 valence electrons. The molecule has 0 radical (unpaired) electrons. The van der Waals surface area contributed by atoms with E-state index in [1.54, 1.807) is 6.20 Å². The maximum atomic E-state index is 11.0. The topological polar surface area (TPSA) is 64.1 Å². The van der Waals surface area contributed by atoms with E-state index in [1.165, 1.54) is 0 Å². The zero-order valence-electron chi connectivity index (χ0n) is 10.4. The Labute approximate surface area is 106 Å². The van der Waals surface area contributed by atoms with E-state index in [9.17, 15) is 5.11 Å². The third-order valence-electron chi connectivity index (χ3n) is 3.76. The van der Waals surface area contributed by atoms with Crippen LogP contribution in [-0.2, 0) is 18.6 Å². The molecule has 4 heteroatoms. The number of nitrogens with two attached hydrogens (primary N) is 1. The van der Waals surface area contributed by atoms with Crippen LogP contribution in [0.5, 0.6) is 0 Å². The Morgan fingerprint density at radius 2 is 2.33 bits per heavy atom. The molecule has 1 heterocycles. The van der Waals surface area contributed by atoms with Crippen LogP contribution < -0.4 is 5.73 Å². The Morgan fingerprint density at radius 3 is 3.11 bits per heavy atom. The fourth-order valence-corrected chi connectivity index (χ4v) is 2.84. The van der Waals surface area contributed by atoms with Crippen LogP contribution in [0.3, 0.4) is 0 Å². The Kier molecular flexibility index (Phi) is 2.41. The number of imidazole rings is 1. The van der Waals surface area contributed by atoms with Crippen molar-refractivity contribution >= 4 is 5.69 Å². The largest absolute Gasteiger partial charge is 0.399 e. The molecule has 4 nitrogen and oxygen atoms in total. The summed E-state index contributed by atoms with van der Waals surface area (Å²) in [6.45, 7) is 2.86. The van der Waals surface area contributed by atoms with Crippen LogP contribution >= 0.6 is 0 Å². The molecule has 1 aliphatic carbocycles. The number of nitrogen functional groups attached to an aromatic ring is 1. The lowest BCUT2D eigenvalue weighted by atomic mass is 9.94. The highest BCUT2D eigenvalue weighted by Crippen LogP contribution is 2.41. The number of anilines is 1. The second-order valence-electron chi connectivity index (χ2n) is 4.81. The predicted octanol–water partition coefficient (Wildman–Crippen LogP) is 1.67. The monoisotopic (exact) mass is 243 g/mol. The van der Waals surface area contributed by atoms with Gasteiger partial charge in [0.05, 0.1) is 0 Å². The number of aliphatic hydroxyl groups is 1. The zero-order chi connectivity index (χ0) is 12.8. The Hall–Kier alpha value is -1.81. The van der Waals surface area contributed by atoms with Crippen molar-refractivity contribution in [3.05, 3.63) is 47.5 Å². The Balaban J connectivity index is 2.14. The van der Waals surface area contributed by atoms with Gasteiger partial charge in [0, 0.05) is 24.6 Å². The van der Waals surface area contributed by atoms with Crippen molar-refractivity contribution in [3.63, 3.8) is 0 Å². The number of hydrogen-bond acceptors (Lipinski definition) is 3. The van der Waals surface area contributed by atoms with Crippen LogP contribution in [0.4, 0.5) is 5.69 Å². The molecule has 3 rings (SSSR count). The molecule has 1 aromatic heterocycles. The maximum absolute atomic E-state index is 11.0. The first-order chi connectivity index (χ1) is 8.65. The van der Waals surface area contributed by atoms with E-state index < -0.39 is 5.60 Å². The van der Waals surface area contributed by atoms with Gasteiger partial charge in [0.1, 0.15) is 11.4 Å². The van der Waals surface area contributed by atoms with E-state index >= 15 is 0 Å². The molecule has 1 aromatic carbocycles. The molecule has 0 saturated heterocycles. The maximum Gasteiger partial charge on any atom is 0.148 e. The van der Waals surface area contributed by atoms with E-state index in [2.05, 4.69) is 4.98 Å². The fourth-order valence-electron chi connectivity index (χ4n) is 2.84. The molecule has 1 atom stereocenters. The molecule has 0 spiro atoms. The molecule has 1 unspecified atom stereocenters. The number of aryl methyl sites for hydroxylation is 2. The average molecular weight is 243 g/mol. The van der Waals surface area contributed by atoms with Crippen molar-refractivity contribution in [2.75, 3.05) is 5.73 Å². The van der Waals surface area contributed by atoms with Gasteiger partial charge in [-0.05, 0) is 43.0 Å². The van der Waals surface area contributed by atoms with Crippen LogP contribution in [0.25, 0.3) is 0 Å². The lowest BCUT2D eigenvalue weighted by molar-refractivity contribution is 0.0694. The van der Waals surface area contributed by atoms with E-state index in [1.807, 2.05) is 35.9 Å². The Morgan fingerprint density at radius 1 is 1.50 bits per heavy atom. The van der Waals surface area contributed by atoms with Crippen molar-refractivity contribution in [3.8, 4) is 0 Å². The third kappa shape index (κ3) is 1.46. The van der Waals surface area contributed by atoms with Crippen molar-refractivity contribution in [1.82, 2.24) is 9.55 Å². The lowest BCUT2D eigenvalue weighted by Gasteiger charge is -2.24. The van der Waals surface area contributed by atoms with Crippen molar-refractivity contribution < 1.29 is 5.11 Å². The molecule has 0 bridgehead atoms. The first-order valence-electron chi connectivity index (χ1n) is 6.28. The number of nitrogens with zero attached hydrogens (tertiary/aromatic N) is 2. The van der Waals surface area contributed by atoms with E-state index in [0.29, 0.717) is 6.42 Å². The van der Waals surface area contributed by atoms with E-state index in [0.717, 1.165) is 35.6 Å². The summed E-state index contributed by atoms with van der Waals surface area (Å²) in [5, 5.41) is 11.0. The molecule has 0 amide bonds. The quantitative estimate of drug-likeness (QED) is 0.789. The predicted molar refractivity (Wildman–Crippen MR) is 70.1 cm³/mol. The van der Waals surface area contributed by atoms with Gasteiger partial charge in [0.25, 0.3) is 0 Å². The fraction of sp³-hybridized carbons (Fsp3) is 0.357. The summed E-state index contributed by atoms with van der Waals surface area (Å²) < 4.78 is 1.99. The minimum absolute atomic E-state index is 0.669. The number of rotatable bonds is 2. The summed E-state index contributed by atoms with van der Waals surface area (Å²) in [5.74, 6) is 0.730. The van der Waals surface area contributed by atoms with Gasteiger partial charge in [-0.3, -0.25) is 0 Å². The number of benzene rings is 1. The number of hydrogen-bond donors (Lipinski definition) is 2. The minimum atomic E-state index is -0.970. The summed E-state index contributed by atoms with van der Waals surface area (Å²) in [6, 6.07) is 5.72. The summed E-state index contributed by atoms with van der Waals surface area (Å²) in [7, 11) is 0. The molecule has 0 fully saturated rings. The second-order valence-corrected chi connectivity index (χ2v) is 4.81. The van der Waals surface area contributed by atoms with Crippen LogP contribution in [0.15, 0.2) is 30.6 Å². The van der Waals surface area contributed by atoms with Gasteiger partial charge in [-0.1, -0.05) is 6.07 Å². The van der Waals surface area contributed by atoms with Gasteiger partial charge in [-0.25, -0.2) is 4.98 Å². The first kappa shape index (κ1) is 11.3. The molecule has 3 N–H and O–H groups in total. The van der Waals surface area contributed by atoms with Gasteiger partial charge >= 0.3 is 0 Å². The highest BCUT2D eigenvalue weighted by Gasteiger charge is 2.41. The average Bonchev–Trinajstić information content (AvgIpc) is 2.95. The van der Waals surface area contributed by atoms with Gasteiger partial charge in [0.15, 0.2) is 0 Å². The molecule has 1 aliphatic rings. The molecule has 2 aromatic rings. The summed E-state index contributed by atoms with van der Waals surface area (Å²) in [6.07, 6.45) is 5.16. The van der Waals surface area contributed by atoms with Crippen LogP contribution in [-0.4, -0.2) is 14.7 Å². The van der Waals surface area contributed by atoms with Gasteiger partial charge < -0.3 is 15.4 Å². The van der Waals surface area contributed by atoms with Crippen molar-refractivity contribution in [2.24, 2.45) is 0 Å². The highest BCUT2D eigenvalue weighted by molar-refractivity contribution is 5.50. The smallest absolute Gasteiger partial charge is 0.148 e. The summed E-state index contributed by atoms with van der Waals surface area (Å²) >= 11 is 0. The van der Waals surface area contributed by atoms with Crippen LogP contribution in [0.1, 0.15) is 30.3 Å². The van der Waals surface area contributed by atoms with Gasteiger partial charge in [-0.2, -0.15) is 0 Å². The number of fused-ring (bicyclic) bond motifs is 1. The van der Waals surface area contributed by atoms with Crippen LogP contribution in [0.2, 0.25) is 0 Å². The molecule has 0 saturated carbocycles. The first-order valence-corrected chi connectivity index (χ1v) is 6.28. The SMILES string of the molecule is CCn1ccnc1C1(O)CCc2cc(N)ccc21. The summed E-state index contributed by atoms with van der Waals surface area (Å²) in [5.41, 5.74) is 7.64. The third-order valence-corrected chi connectivity index (χ3v) is 3.76. The van der Waals surface area contributed by atoms with Crippen molar-refractivity contribution in [2.45, 2.75) is 31.9 Å². The molecule has 0 aliphatic heterocycles. The summed E-state index contributed by atoms with van der Waals surface area (Å²) in [4.78, 5) is 4.34. The lowest BCUT2D eigenvalue weighted by Crippen LogP contribution is -2.28. The normalized spacial score (nSPS) is 22.1. The van der Waals surface area contributed by atoms with E-state index in [4.69, 9.17) is 5.73 Å². The van der Waals surface area contributed by atoms with E-state index in [-0.39, 0.29) is 0 Å². The minimum Gasteiger partial charge on any atom is -0.399 e. The zero-order valence-corrected chi connectivity index (χ0v) is 10.4. The second kappa shape index (κ2) is 3.85. The number of aromatic nitrogens is 2. The standard InChI is InChI=1S/C14H17N3O/c1-2-17-8-7-16-13(17)14(18)6-5-10-9-11(15)3-4-12(10)14/h3-4,7-9,18H,2,5-6,15H2,1H3. The van der Waals surface area contributed by atoms with Gasteiger partial charge in [0.2, 0.25) is 0 Å². The van der Waals surface area contributed by atoms with Gasteiger partial charge in [-0.15, -0.1) is 0 Å². The Bertz CT molecular complexity index is 590.